The predicted octanol–water partition coefficient (Wildman–Crippen LogP) is 2.12. The molecule has 0 fully saturated rings. The van der Waals surface area contributed by atoms with Gasteiger partial charge in [-0.3, -0.25) is 14.2 Å². The van der Waals surface area contributed by atoms with Crippen LogP contribution < -0.4 is 21.3 Å². The molecule has 1 amide bonds. The van der Waals surface area contributed by atoms with Crippen LogP contribution in [-0.2, 0) is 6.54 Å². The first-order chi connectivity index (χ1) is 14.8. The number of nitrogens with zero attached hydrogens (tertiary/aromatic N) is 3. The molecule has 162 valence electrons. The molecule has 0 unspecified atom stereocenters. The molecule has 0 radical (unpaired) electrons. The minimum atomic E-state index is -0.847. The van der Waals surface area contributed by atoms with Crippen molar-refractivity contribution >= 4 is 5.91 Å². The van der Waals surface area contributed by atoms with Crippen molar-refractivity contribution in [3.63, 3.8) is 0 Å². The molecule has 0 aliphatic carbocycles. The zero-order chi connectivity index (χ0) is 22.5. The van der Waals surface area contributed by atoms with E-state index in [9.17, 15) is 18.8 Å². The third-order valence-corrected chi connectivity index (χ3v) is 4.81. The van der Waals surface area contributed by atoms with E-state index >= 15 is 0 Å². The summed E-state index contributed by atoms with van der Waals surface area (Å²) in [5.74, 6) is -0.612. The van der Waals surface area contributed by atoms with Gasteiger partial charge in [-0.15, -0.1) is 0 Å². The van der Waals surface area contributed by atoms with Crippen LogP contribution in [0.2, 0.25) is 0 Å². The van der Waals surface area contributed by atoms with Crippen LogP contribution in [0, 0.1) is 5.82 Å². The lowest BCUT2D eigenvalue weighted by atomic mass is 10.2. The lowest BCUT2D eigenvalue weighted by molar-refractivity contribution is 0.0929. The zero-order valence-electron chi connectivity index (χ0n) is 17.5. The van der Waals surface area contributed by atoms with Crippen LogP contribution in [0.25, 0.3) is 5.69 Å². The summed E-state index contributed by atoms with van der Waals surface area (Å²) in [6.45, 7) is 3.47. The van der Waals surface area contributed by atoms with Crippen molar-refractivity contribution in [3.05, 3.63) is 86.4 Å². The van der Waals surface area contributed by atoms with E-state index in [1.54, 1.807) is 37.3 Å². The van der Waals surface area contributed by atoms with E-state index in [0.29, 0.717) is 23.4 Å². The number of hydrogen-bond acceptors (Lipinski definition) is 5. The number of carbonyl (C=O) groups excluding carboxylic acids is 1. The first kappa shape index (κ1) is 21.9. The van der Waals surface area contributed by atoms with Crippen molar-refractivity contribution in [2.24, 2.45) is 0 Å². The predicted molar refractivity (Wildman–Crippen MR) is 113 cm³/mol. The van der Waals surface area contributed by atoms with E-state index < -0.39 is 28.7 Å². The summed E-state index contributed by atoms with van der Waals surface area (Å²) >= 11 is 0. The van der Waals surface area contributed by atoms with Crippen LogP contribution >= 0.6 is 0 Å². The Kier molecular flexibility index (Phi) is 6.64. The normalized spacial score (nSPS) is 11.7. The van der Waals surface area contributed by atoms with E-state index in [2.05, 4.69) is 10.4 Å². The van der Waals surface area contributed by atoms with E-state index in [-0.39, 0.29) is 12.6 Å². The van der Waals surface area contributed by atoms with E-state index in [4.69, 9.17) is 4.74 Å². The van der Waals surface area contributed by atoms with Crippen LogP contribution in [0.1, 0.15) is 36.3 Å². The molecule has 0 saturated heterocycles. The molecule has 8 nitrogen and oxygen atoms in total. The fourth-order valence-electron chi connectivity index (χ4n) is 2.90. The molecule has 1 heterocycles. The molecule has 0 aliphatic rings. The Hall–Kier alpha value is -3.75. The van der Waals surface area contributed by atoms with Gasteiger partial charge in [-0.2, -0.15) is 9.78 Å². The Morgan fingerprint density at radius 1 is 1.19 bits per heavy atom. The lowest BCUT2D eigenvalue weighted by Crippen LogP contribution is -2.47. The van der Waals surface area contributed by atoms with Crippen molar-refractivity contribution in [1.29, 1.82) is 0 Å². The smallest absolute Gasteiger partial charge is 0.352 e. The first-order valence-electron chi connectivity index (χ1n) is 9.78. The number of nitrogens with one attached hydrogen (secondary N) is 1. The number of hydrogen-bond donors (Lipinski definition) is 1. The second-order valence-corrected chi connectivity index (χ2v) is 7.04. The van der Waals surface area contributed by atoms with Gasteiger partial charge in [0.15, 0.2) is 0 Å². The maximum Gasteiger partial charge on any atom is 0.352 e. The number of carbonyl (C=O) groups is 1. The number of aromatic nitrogens is 3. The highest BCUT2D eigenvalue weighted by Crippen LogP contribution is 2.13. The van der Waals surface area contributed by atoms with Crippen molar-refractivity contribution in [3.8, 4) is 11.4 Å². The molecular formula is C22H23FN4O4. The Morgan fingerprint density at radius 3 is 2.52 bits per heavy atom. The van der Waals surface area contributed by atoms with E-state index in [1.807, 2.05) is 6.92 Å². The number of methoxy groups -OCH3 is 1. The number of halogens is 1. The van der Waals surface area contributed by atoms with Crippen LogP contribution in [0.4, 0.5) is 4.39 Å². The summed E-state index contributed by atoms with van der Waals surface area (Å²) in [6, 6.07) is 11.8. The van der Waals surface area contributed by atoms with Gasteiger partial charge in [-0.05, 0) is 55.3 Å². The molecule has 31 heavy (non-hydrogen) atoms. The minimum absolute atomic E-state index is 0.188. The standard InChI is InChI=1S/C22H23FN4O4/c1-4-14(2)24-20(28)19-21(29)26(13-15-6-5-7-16(23)12-15)22(30)27(25-19)17-8-10-18(31-3)11-9-17/h5-12,14H,4,13H2,1-3H3,(H,24,28)/t14-/m1/s1. The molecule has 0 bridgehead atoms. The van der Waals surface area contributed by atoms with Gasteiger partial charge in [0, 0.05) is 6.04 Å². The molecule has 2 aromatic carbocycles. The number of ether oxygens (including phenoxy) is 1. The highest BCUT2D eigenvalue weighted by molar-refractivity contribution is 5.91. The Bertz CT molecular complexity index is 1200. The summed E-state index contributed by atoms with van der Waals surface area (Å²) < 4.78 is 20.6. The van der Waals surface area contributed by atoms with Crippen LogP contribution in [-0.4, -0.2) is 33.4 Å². The lowest BCUT2D eigenvalue weighted by Gasteiger charge is -2.14. The zero-order valence-corrected chi connectivity index (χ0v) is 17.5. The number of amides is 1. The van der Waals surface area contributed by atoms with Crippen LogP contribution in [0.5, 0.6) is 5.75 Å². The van der Waals surface area contributed by atoms with Gasteiger partial charge in [0.05, 0.1) is 19.3 Å². The minimum Gasteiger partial charge on any atom is -0.497 e. The summed E-state index contributed by atoms with van der Waals surface area (Å²) in [5.41, 5.74) is -1.28. The fraction of sp³-hybridized carbons (Fsp3) is 0.273. The topological polar surface area (TPSA) is 95.2 Å². The maximum atomic E-state index is 13.6. The highest BCUT2D eigenvalue weighted by Gasteiger charge is 2.21. The van der Waals surface area contributed by atoms with Gasteiger partial charge >= 0.3 is 5.69 Å². The van der Waals surface area contributed by atoms with Crippen molar-refractivity contribution in [2.75, 3.05) is 7.11 Å². The monoisotopic (exact) mass is 426 g/mol. The summed E-state index contributed by atoms with van der Waals surface area (Å²) in [7, 11) is 1.51. The Balaban J connectivity index is 2.17. The van der Waals surface area contributed by atoms with Gasteiger partial charge in [-0.1, -0.05) is 19.1 Å². The molecule has 1 aromatic heterocycles. The quantitative estimate of drug-likeness (QED) is 0.625. The van der Waals surface area contributed by atoms with Gasteiger partial charge in [-0.25, -0.2) is 9.18 Å². The Labute approximate surface area is 177 Å². The third kappa shape index (κ3) is 4.88. The molecule has 1 N–H and O–H groups in total. The van der Waals surface area contributed by atoms with Gasteiger partial charge in [0.2, 0.25) is 5.69 Å². The fourth-order valence-corrected chi connectivity index (χ4v) is 2.90. The van der Waals surface area contributed by atoms with E-state index in [1.165, 1.54) is 25.3 Å². The molecule has 0 aliphatic heterocycles. The highest BCUT2D eigenvalue weighted by atomic mass is 19.1. The van der Waals surface area contributed by atoms with Gasteiger partial charge in [0.25, 0.3) is 11.5 Å². The average Bonchev–Trinajstić information content (AvgIpc) is 2.76. The third-order valence-electron chi connectivity index (χ3n) is 4.81. The Morgan fingerprint density at radius 2 is 1.90 bits per heavy atom. The second-order valence-electron chi connectivity index (χ2n) is 7.04. The second kappa shape index (κ2) is 9.38. The van der Waals surface area contributed by atoms with Gasteiger partial charge < -0.3 is 10.1 Å². The molecule has 0 spiro atoms. The summed E-state index contributed by atoms with van der Waals surface area (Å²) in [5, 5.41) is 6.74. The SMILES string of the molecule is CC[C@@H](C)NC(=O)c1nn(-c2ccc(OC)cc2)c(=O)n(Cc2cccc(F)c2)c1=O. The molecule has 1 atom stereocenters. The van der Waals surface area contributed by atoms with Crippen LogP contribution in [0.15, 0.2) is 58.1 Å². The average molecular weight is 426 g/mol. The van der Waals surface area contributed by atoms with E-state index in [0.717, 1.165) is 9.25 Å². The molecule has 3 aromatic rings. The molecule has 9 heteroatoms. The molecule has 3 rings (SSSR count). The molecular weight excluding hydrogens is 403 g/mol. The largest absolute Gasteiger partial charge is 0.497 e. The van der Waals surface area contributed by atoms with Gasteiger partial charge in [0.1, 0.15) is 11.6 Å². The summed E-state index contributed by atoms with van der Waals surface area (Å²) in [6.07, 6.45) is 0.654. The van der Waals surface area contributed by atoms with Crippen molar-refractivity contribution in [1.82, 2.24) is 19.7 Å². The van der Waals surface area contributed by atoms with Crippen molar-refractivity contribution in [2.45, 2.75) is 32.9 Å². The number of benzene rings is 2. The first-order valence-corrected chi connectivity index (χ1v) is 9.78. The summed E-state index contributed by atoms with van der Waals surface area (Å²) in [4.78, 5) is 38.8. The maximum absolute atomic E-state index is 13.6. The number of rotatable bonds is 7. The van der Waals surface area contributed by atoms with Crippen molar-refractivity contribution < 1.29 is 13.9 Å². The van der Waals surface area contributed by atoms with Crippen LogP contribution in [0.3, 0.4) is 0 Å². The molecule has 0 saturated carbocycles.